The molecule has 1 atom stereocenters. The van der Waals surface area contributed by atoms with Gasteiger partial charge in [-0.2, -0.15) is 11.8 Å². The van der Waals surface area contributed by atoms with E-state index in [4.69, 9.17) is 9.47 Å². The second-order valence-electron chi connectivity index (χ2n) is 17.8. The van der Waals surface area contributed by atoms with Gasteiger partial charge in [0.15, 0.2) is 0 Å². The third kappa shape index (κ3) is 35.7. The molecule has 1 heterocycles. The standard InChI is InChI=1S/C50H98N2O4S/c1-5-8-11-14-18-24-35-48(36-25-19-15-12-9-6-2)56-49(53)37-26-20-17-21-27-38-51(40-29-30-41-52-42-31-32-43-52)39-28-23-33-44-55-50(54)47(4)46-57-45-34-22-16-13-10-7-3/h47-48H,5-46H2,1-4H3. The highest BCUT2D eigenvalue weighted by molar-refractivity contribution is 7.99. The minimum Gasteiger partial charge on any atom is -0.465 e. The van der Waals surface area contributed by atoms with E-state index in [0.717, 1.165) is 56.6 Å². The number of likely N-dealkylation sites (tertiary alicyclic amines) is 1. The summed E-state index contributed by atoms with van der Waals surface area (Å²) in [5, 5.41) is 0. The number of carbonyl (C=O) groups is 2. The molecule has 1 saturated heterocycles. The van der Waals surface area contributed by atoms with Crippen LogP contribution in [0.2, 0.25) is 0 Å². The van der Waals surface area contributed by atoms with Gasteiger partial charge in [-0.15, -0.1) is 0 Å². The number of thioether (sulfide) groups is 1. The number of hydrogen-bond donors (Lipinski definition) is 0. The lowest BCUT2D eigenvalue weighted by atomic mass is 10.0. The van der Waals surface area contributed by atoms with Crippen LogP contribution in [0.5, 0.6) is 0 Å². The molecule has 0 aromatic rings. The fourth-order valence-electron chi connectivity index (χ4n) is 8.20. The molecule has 1 aliphatic rings. The Hall–Kier alpha value is -0.790. The average molecular weight is 823 g/mol. The molecule has 0 aromatic carbocycles. The van der Waals surface area contributed by atoms with E-state index in [-0.39, 0.29) is 24.0 Å². The number of nitrogens with zero attached hydrogens (tertiary/aromatic N) is 2. The lowest BCUT2D eigenvalue weighted by molar-refractivity contribution is -0.150. The van der Waals surface area contributed by atoms with Crippen LogP contribution in [0.15, 0.2) is 0 Å². The van der Waals surface area contributed by atoms with Gasteiger partial charge in [0.1, 0.15) is 6.10 Å². The summed E-state index contributed by atoms with van der Waals surface area (Å²) >= 11 is 1.91. The number of carbonyl (C=O) groups excluding carboxylic acids is 2. The van der Waals surface area contributed by atoms with Crippen molar-refractivity contribution in [2.24, 2.45) is 5.92 Å². The summed E-state index contributed by atoms with van der Waals surface area (Å²) in [4.78, 5) is 30.7. The van der Waals surface area contributed by atoms with E-state index in [0.29, 0.717) is 13.0 Å². The van der Waals surface area contributed by atoms with Crippen molar-refractivity contribution < 1.29 is 19.1 Å². The Bertz CT molecular complexity index is 853. The maximum atomic E-state index is 12.9. The van der Waals surface area contributed by atoms with E-state index < -0.39 is 0 Å². The number of hydrogen-bond acceptors (Lipinski definition) is 7. The number of unbranched alkanes of at least 4 members (excludes halogenated alkanes) is 22. The normalized spacial score (nSPS) is 13.9. The van der Waals surface area contributed by atoms with Crippen molar-refractivity contribution in [1.29, 1.82) is 0 Å². The topological polar surface area (TPSA) is 59.1 Å². The molecule has 0 radical (unpaired) electrons. The molecule has 1 unspecified atom stereocenters. The molecule has 1 aliphatic heterocycles. The first-order chi connectivity index (χ1) is 28.0. The van der Waals surface area contributed by atoms with Crippen molar-refractivity contribution in [3.8, 4) is 0 Å². The maximum absolute atomic E-state index is 12.9. The number of rotatable bonds is 44. The Morgan fingerprint density at radius 1 is 0.579 bits per heavy atom. The van der Waals surface area contributed by atoms with Gasteiger partial charge in [0.05, 0.1) is 12.5 Å². The third-order valence-corrected chi connectivity index (χ3v) is 13.4. The quantitative estimate of drug-likeness (QED) is 0.0448. The lowest BCUT2D eigenvalue weighted by Crippen LogP contribution is -2.28. The average Bonchev–Trinajstić information content (AvgIpc) is 3.74. The van der Waals surface area contributed by atoms with Gasteiger partial charge in [0.2, 0.25) is 0 Å². The van der Waals surface area contributed by atoms with Gasteiger partial charge in [-0.05, 0) is 135 Å². The van der Waals surface area contributed by atoms with Crippen LogP contribution in [0.1, 0.15) is 240 Å². The van der Waals surface area contributed by atoms with E-state index in [1.807, 2.05) is 18.7 Å². The van der Waals surface area contributed by atoms with Crippen LogP contribution in [0.25, 0.3) is 0 Å². The molecule has 0 N–H and O–H groups in total. The van der Waals surface area contributed by atoms with E-state index in [1.165, 1.54) is 200 Å². The van der Waals surface area contributed by atoms with E-state index >= 15 is 0 Å². The van der Waals surface area contributed by atoms with Crippen LogP contribution in [0.4, 0.5) is 0 Å². The van der Waals surface area contributed by atoms with Crippen LogP contribution in [-0.2, 0) is 19.1 Å². The monoisotopic (exact) mass is 823 g/mol. The van der Waals surface area contributed by atoms with Crippen molar-refractivity contribution in [2.45, 2.75) is 246 Å². The molecule has 0 aromatic heterocycles. The van der Waals surface area contributed by atoms with Gasteiger partial charge in [0, 0.05) is 12.2 Å². The highest BCUT2D eigenvalue weighted by Crippen LogP contribution is 2.19. The predicted octanol–water partition coefficient (Wildman–Crippen LogP) is 14.4. The Labute approximate surface area is 360 Å². The molecule has 6 nitrogen and oxygen atoms in total. The molecule has 0 saturated carbocycles. The van der Waals surface area contributed by atoms with Crippen LogP contribution in [0, 0.1) is 5.92 Å². The Morgan fingerprint density at radius 2 is 1.05 bits per heavy atom. The molecule has 0 amide bonds. The molecule has 0 bridgehead atoms. The number of esters is 2. The fraction of sp³-hybridized carbons (Fsp3) is 0.960. The van der Waals surface area contributed by atoms with Gasteiger partial charge >= 0.3 is 11.9 Å². The van der Waals surface area contributed by atoms with Crippen molar-refractivity contribution in [1.82, 2.24) is 9.80 Å². The van der Waals surface area contributed by atoms with Gasteiger partial charge in [0.25, 0.3) is 0 Å². The summed E-state index contributed by atoms with van der Waals surface area (Å²) in [6.07, 6.45) is 40.6. The third-order valence-electron chi connectivity index (χ3n) is 12.1. The first-order valence-electron chi connectivity index (χ1n) is 25.4. The zero-order chi connectivity index (χ0) is 41.3. The fourth-order valence-corrected chi connectivity index (χ4v) is 9.27. The maximum Gasteiger partial charge on any atom is 0.309 e. The summed E-state index contributed by atoms with van der Waals surface area (Å²) in [6.45, 7) is 16.8. The second kappa shape index (κ2) is 41.9. The largest absolute Gasteiger partial charge is 0.465 e. The summed E-state index contributed by atoms with van der Waals surface area (Å²) in [5.74, 6) is 2.06. The summed E-state index contributed by atoms with van der Waals surface area (Å²) in [7, 11) is 0. The first-order valence-corrected chi connectivity index (χ1v) is 26.5. The van der Waals surface area contributed by atoms with E-state index in [2.05, 4.69) is 30.6 Å². The molecule has 7 heteroatoms. The highest BCUT2D eigenvalue weighted by atomic mass is 32.2. The molecule has 0 aliphatic carbocycles. The summed E-state index contributed by atoms with van der Waals surface area (Å²) in [6, 6.07) is 0. The number of ether oxygens (including phenoxy) is 2. The zero-order valence-electron chi connectivity index (χ0n) is 38.8. The van der Waals surface area contributed by atoms with Crippen molar-refractivity contribution in [2.75, 3.05) is 57.4 Å². The van der Waals surface area contributed by atoms with Crippen molar-refractivity contribution in [3.63, 3.8) is 0 Å². The molecular formula is C50H98N2O4S. The highest BCUT2D eigenvalue weighted by Gasteiger charge is 2.16. The van der Waals surface area contributed by atoms with Crippen molar-refractivity contribution >= 4 is 23.7 Å². The van der Waals surface area contributed by atoms with Gasteiger partial charge in [-0.3, -0.25) is 9.59 Å². The van der Waals surface area contributed by atoms with E-state index in [9.17, 15) is 9.59 Å². The molecule has 57 heavy (non-hydrogen) atoms. The molecule has 1 rings (SSSR count). The van der Waals surface area contributed by atoms with Gasteiger partial charge < -0.3 is 19.3 Å². The smallest absolute Gasteiger partial charge is 0.309 e. The van der Waals surface area contributed by atoms with Crippen LogP contribution < -0.4 is 0 Å². The van der Waals surface area contributed by atoms with Crippen LogP contribution in [-0.4, -0.2) is 85.2 Å². The summed E-state index contributed by atoms with van der Waals surface area (Å²) in [5.41, 5.74) is 0. The molecular weight excluding hydrogens is 725 g/mol. The second-order valence-corrected chi connectivity index (χ2v) is 19.0. The predicted molar refractivity (Wildman–Crippen MR) is 250 cm³/mol. The Kier molecular flexibility index (Phi) is 39.9. The first kappa shape index (κ1) is 54.2. The Morgan fingerprint density at radius 3 is 1.63 bits per heavy atom. The SMILES string of the molecule is CCCCCCCCSCC(C)C(=O)OCCCCCN(CCCCCCCC(=O)OC(CCCCCCCC)CCCCCCCC)CCCCN1CCCC1. The van der Waals surface area contributed by atoms with Crippen molar-refractivity contribution in [3.05, 3.63) is 0 Å². The minimum absolute atomic E-state index is 0.00764. The molecule has 1 fully saturated rings. The van der Waals surface area contributed by atoms with Crippen LogP contribution in [0.3, 0.4) is 0 Å². The van der Waals surface area contributed by atoms with Crippen LogP contribution >= 0.6 is 11.8 Å². The lowest BCUT2D eigenvalue weighted by Gasteiger charge is -2.23. The molecule has 338 valence electrons. The zero-order valence-corrected chi connectivity index (χ0v) is 39.6. The minimum atomic E-state index is -0.0156. The van der Waals surface area contributed by atoms with Gasteiger partial charge in [-0.25, -0.2) is 0 Å². The Balaban J connectivity index is 2.29. The van der Waals surface area contributed by atoms with Gasteiger partial charge in [-0.1, -0.05) is 143 Å². The molecule has 0 spiro atoms. The summed E-state index contributed by atoms with van der Waals surface area (Å²) < 4.78 is 11.8. The van der Waals surface area contributed by atoms with E-state index in [1.54, 1.807) is 0 Å².